The molecule has 2 aromatic carbocycles. The molecule has 23 heavy (non-hydrogen) atoms. The number of nitrogens with one attached hydrogen (secondary N) is 1. The number of rotatable bonds is 3. The van der Waals surface area contributed by atoms with Crippen LogP contribution in [0.5, 0.6) is 0 Å². The Hall–Kier alpha value is -2.03. The summed E-state index contributed by atoms with van der Waals surface area (Å²) in [5, 5.41) is 5.07. The van der Waals surface area contributed by atoms with Crippen LogP contribution >= 0.6 is 0 Å². The van der Waals surface area contributed by atoms with Gasteiger partial charge in [-0.1, -0.05) is 45.0 Å². The first-order valence-corrected chi connectivity index (χ1v) is 8.15. The lowest BCUT2D eigenvalue weighted by atomic mass is 9.81. The molecule has 1 amide bonds. The number of hydrogen-bond acceptors (Lipinski definition) is 2. The highest BCUT2D eigenvalue weighted by Gasteiger charge is 2.18. The number of benzene rings is 2. The van der Waals surface area contributed by atoms with Gasteiger partial charge >= 0.3 is 6.09 Å². The van der Waals surface area contributed by atoms with Gasteiger partial charge in [-0.15, -0.1) is 0 Å². The Morgan fingerprint density at radius 3 is 2.22 bits per heavy atom. The largest absolute Gasteiger partial charge is 0.444 e. The average molecular weight is 313 g/mol. The van der Waals surface area contributed by atoms with Crippen LogP contribution in [-0.2, 0) is 10.2 Å². The van der Waals surface area contributed by atoms with Gasteiger partial charge in [0.2, 0.25) is 0 Å². The fraction of sp³-hybridized carbons (Fsp3) is 0.450. The molecule has 0 aromatic heterocycles. The van der Waals surface area contributed by atoms with Crippen LogP contribution in [0.4, 0.5) is 10.5 Å². The van der Waals surface area contributed by atoms with Crippen LogP contribution < -0.4 is 5.32 Å². The monoisotopic (exact) mass is 313 g/mol. The van der Waals surface area contributed by atoms with E-state index in [1.165, 1.54) is 10.9 Å². The summed E-state index contributed by atoms with van der Waals surface area (Å²) >= 11 is 0. The van der Waals surface area contributed by atoms with Gasteiger partial charge in [0.15, 0.2) is 0 Å². The summed E-state index contributed by atoms with van der Waals surface area (Å²) in [6.07, 6.45) is 0.664. The fourth-order valence-corrected chi connectivity index (χ4v) is 2.37. The molecule has 0 bridgehead atoms. The zero-order valence-corrected chi connectivity index (χ0v) is 15.0. The summed E-state index contributed by atoms with van der Waals surface area (Å²) in [7, 11) is 0. The molecule has 2 rings (SSSR count). The Morgan fingerprint density at radius 1 is 1.00 bits per heavy atom. The lowest BCUT2D eigenvalue weighted by Gasteiger charge is -2.23. The Balaban J connectivity index is 2.23. The Labute approximate surface area is 139 Å². The van der Waals surface area contributed by atoms with Gasteiger partial charge in [0, 0.05) is 5.69 Å². The maximum absolute atomic E-state index is 11.9. The summed E-state index contributed by atoms with van der Waals surface area (Å²) in [5.41, 5.74) is 1.75. The highest BCUT2D eigenvalue weighted by atomic mass is 16.6. The van der Waals surface area contributed by atoms with Crippen molar-refractivity contribution in [1.29, 1.82) is 0 Å². The Kier molecular flexibility index (Phi) is 4.69. The molecule has 0 aliphatic carbocycles. The fourth-order valence-electron chi connectivity index (χ4n) is 2.37. The molecule has 2 aromatic rings. The molecule has 3 nitrogen and oxygen atoms in total. The van der Waals surface area contributed by atoms with Crippen molar-refractivity contribution >= 4 is 22.6 Å². The van der Waals surface area contributed by atoms with Crippen LogP contribution in [0.1, 0.15) is 53.5 Å². The first kappa shape index (κ1) is 17.3. The van der Waals surface area contributed by atoms with Crippen molar-refractivity contribution in [3.63, 3.8) is 0 Å². The third kappa shape index (κ3) is 4.47. The second-order valence-corrected chi connectivity index (χ2v) is 7.64. The number of hydrogen-bond donors (Lipinski definition) is 1. The molecule has 0 atom stereocenters. The van der Waals surface area contributed by atoms with Gasteiger partial charge in [-0.2, -0.15) is 0 Å². The van der Waals surface area contributed by atoms with Gasteiger partial charge < -0.3 is 4.74 Å². The van der Waals surface area contributed by atoms with Crippen LogP contribution in [0.2, 0.25) is 0 Å². The number of carbonyl (C=O) groups is 1. The van der Waals surface area contributed by atoms with E-state index in [-0.39, 0.29) is 5.41 Å². The summed E-state index contributed by atoms with van der Waals surface area (Å²) in [6.45, 7) is 12.3. The van der Waals surface area contributed by atoms with Crippen molar-refractivity contribution in [2.24, 2.45) is 0 Å². The third-order valence-corrected chi connectivity index (χ3v) is 4.15. The molecule has 3 heteroatoms. The highest BCUT2D eigenvalue weighted by molar-refractivity contribution is 5.91. The molecular formula is C20H27NO2. The van der Waals surface area contributed by atoms with E-state index in [2.05, 4.69) is 44.3 Å². The van der Waals surface area contributed by atoms with Crippen molar-refractivity contribution < 1.29 is 9.53 Å². The molecule has 0 fully saturated rings. The lowest BCUT2D eigenvalue weighted by molar-refractivity contribution is 0.0636. The predicted molar refractivity (Wildman–Crippen MR) is 97.1 cm³/mol. The van der Waals surface area contributed by atoms with Crippen molar-refractivity contribution in [2.45, 2.75) is 59.0 Å². The maximum atomic E-state index is 11.9. The number of fused-ring (bicyclic) bond motifs is 1. The average Bonchev–Trinajstić information content (AvgIpc) is 2.44. The maximum Gasteiger partial charge on any atom is 0.412 e. The molecule has 124 valence electrons. The quantitative estimate of drug-likeness (QED) is 0.769. The summed E-state index contributed by atoms with van der Waals surface area (Å²) in [6, 6.07) is 12.4. The standard InChI is InChI=1S/C20H27NO2/c1-7-20(5,6)16-10-8-15-13-17(11-9-14(15)12-16)21-18(22)23-19(2,3)4/h8-13H,7H2,1-6H3,(H,21,22). The highest BCUT2D eigenvalue weighted by Crippen LogP contribution is 2.30. The molecule has 0 aliphatic heterocycles. The molecule has 0 unspecified atom stereocenters. The molecule has 0 saturated carbocycles. The zero-order chi connectivity index (χ0) is 17.3. The number of amides is 1. The van der Waals surface area contributed by atoms with E-state index in [1.807, 2.05) is 39.0 Å². The van der Waals surface area contributed by atoms with Crippen molar-refractivity contribution in [1.82, 2.24) is 0 Å². The first-order valence-electron chi connectivity index (χ1n) is 8.15. The van der Waals surface area contributed by atoms with Crippen molar-refractivity contribution in [3.8, 4) is 0 Å². The van der Waals surface area contributed by atoms with E-state index in [9.17, 15) is 4.79 Å². The van der Waals surface area contributed by atoms with Crippen LogP contribution in [0.25, 0.3) is 10.8 Å². The molecule has 0 spiro atoms. The first-order chi connectivity index (χ1) is 10.6. The molecule has 0 aliphatic rings. The number of ether oxygens (including phenoxy) is 1. The van der Waals surface area contributed by atoms with Crippen LogP contribution in [-0.4, -0.2) is 11.7 Å². The van der Waals surface area contributed by atoms with Gasteiger partial charge in [0.25, 0.3) is 0 Å². The lowest BCUT2D eigenvalue weighted by Crippen LogP contribution is -2.27. The number of anilines is 1. The minimum Gasteiger partial charge on any atom is -0.444 e. The molecule has 1 N–H and O–H groups in total. The van der Waals surface area contributed by atoms with E-state index in [1.54, 1.807) is 0 Å². The molecule has 0 radical (unpaired) electrons. The van der Waals surface area contributed by atoms with Gasteiger partial charge in [0.05, 0.1) is 0 Å². The predicted octanol–water partition coefficient (Wildman–Crippen LogP) is 5.87. The number of carbonyl (C=O) groups excluding carboxylic acids is 1. The normalized spacial score (nSPS) is 12.3. The smallest absolute Gasteiger partial charge is 0.412 e. The van der Waals surface area contributed by atoms with Gasteiger partial charge in [0.1, 0.15) is 5.60 Å². The SMILES string of the molecule is CCC(C)(C)c1ccc2cc(NC(=O)OC(C)(C)C)ccc2c1. The molecular weight excluding hydrogens is 286 g/mol. The molecule has 0 heterocycles. The van der Waals surface area contributed by atoms with Crippen molar-refractivity contribution in [3.05, 3.63) is 42.0 Å². The summed E-state index contributed by atoms with van der Waals surface area (Å²) < 4.78 is 5.28. The second-order valence-electron chi connectivity index (χ2n) is 7.64. The Morgan fingerprint density at radius 2 is 1.61 bits per heavy atom. The summed E-state index contributed by atoms with van der Waals surface area (Å²) in [4.78, 5) is 11.9. The minimum atomic E-state index is -0.498. The Bertz CT molecular complexity index is 711. The van der Waals surface area contributed by atoms with Crippen LogP contribution in [0.15, 0.2) is 36.4 Å². The van der Waals surface area contributed by atoms with Gasteiger partial charge in [-0.05, 0) is 61.1 Å². The van der Waals surface area contributed by atoms with Gasteiger partial charge in [-0.3, -0.25) is 5.32 Å². The second kappa shape index (κ2) is 6.23. The zero-order valence-electron chi connectivity index (χ0n) is 15.0. The van der Waals surface area contributed by atoms with Crippen molar-refractivity contribution in [2.75, 3.05) is 5.32 Å². The van der Waals surface area contributed by atoms with E-state index in [0.29, 0.717) is 0 Å². The van der Waals surface area contributed by atoms with E-state index in [0.717, 1.165) is 17.5 Å². The minimum absolute atomic E-state index is 0.168. The van der Waals surface area contributed by atoms with E-state index >= 15 is 0 Å². The van der Waals surface area contributed by atoms with Crippen LogP contribution in [0, 0.1) is 0 Å². The molecule has 0 saturated heterocycles. The topological polar surface area (TPSA) is 38.3 Å². The van der Waals surface area contributed by atoms with E-state index < -0.39 is 11.7 Å². The third-order valence-electron chi connectivity index (χ3n) is 4.15. The summed E-state index contributed by atoms with van der Waals surface area (Å²) in [5.74, 6) is 0. The van der Waals surface area contributed by atoms with Crippen LogP contribution in [0.3, 0.4) is 0 Å². The van der Waals surface area contributed by atoms with E-state index in [4.69, 9.17) is 4.74 Å². The van der Waals surface area contributed by atoms with Gasteiger partial charge in [-0.25, -0.2) is 4.79 Å².